The molecule has 4 heteroatoms. The Hall–Kier alpha value is -1.26. The van der Waals surface area contributed by atoms with Gasteiger partial charge in [0.25, 0.3) is 0 Å². The standard InChI is InChI=1S/C15H25NO3/c1-15(12-17,16-2)10-6-7-11-19-14-9-5-4-8-13(14)18-3/h4-5,8-9,16-17H,6-7,10-12H2,1-3H3. The highest BCUT2D eigenvalue weighted by atomic mass is 16.5. The van der Waals surface area contributed by atoms with Gasteiger partial charge >= 0.3 is 0 Å². The highest BCUT2D eigenvalue weighted by Gasteiger charge is 2.19. The highest BCUT2D eigenvalue weighted by Crippen LogP contribution is 2.26. The van der Waals surface area contributed by atoms with Crippen LogP contribution in [-0.4, -0.2) is 38.0 Å². The summed E-state index contributed by atoms with van der Waals surface area (Å²) in [7, 11) is 3.52. The smallest absolute Gasteiger partial charge is 0.161 e. The number of unbranched alkanes of at least 4 members (excludes halogenated alkanes) is 1. The Morgan fingerprint density at radius 1 is 1.21 bits per heavy atom. The van der Waals surface area contributed by atoms with Crippen molar-refractivity contribution in [2.24, 2.45) is 0 Å². The van der Waals surface area contributed by atoms with Gasteiger partial charge in [-0.05, 0) is 45.4 Å². The quantitative estimate of drug-likeness (QED) is 0.674. The van der Waals surface area contributed by atoms with Crippen molar-refractivity contribution < 1.29 is 14.6 Å². The van der Waals surface area contributed by atoms with Crippen molar-refractivity contribution in [3.05, 3.63) is 24.3 Å². The topological polar surface area (TPSA) is 50.7 Å². The zero-order chi connectivity index (χ0) is 14.1. The molecule has 0 saturated carbocycles. The van der Waals surface area contributed by atoms with Gasteiger partial charge in [-0.15, -0.1) is 0 Å². The van der Waals surface area contributed by atoms with Gasteiger partial charge < -0.3 is 19.9 Å². The highest BCUT2D eigenvalue weighted by molar-refractivity contribution is 5.39. The Balaban J connectivity index is 2.28. The maximum Gasteiger partial charge on any atom is 0.161 e. The van der Waals surface area contributed by atoms with Crippen LogP contribution in [0.1, 0.15) is 26.2 Å². The van der Waals surface area contributed by atoms with E-state index in [0.29, 0.717) is 6.61 Å². The van der Waals surface area contributed by atoms with Crippen LogP contribution in [0.25, 0.3) is 0 Å². The summed E-state index contributed by atoms with van der Waals surface area (Å²) in [5.74, 6) is 1.54. The fourth-order valence-electron chi connectivity index (χ4n) is 1.82. The van der Waals surface area contributed by atoms with E-state index in [2.05, 4.69) is 5.32 Å². The fourth-order valence-corrected chi connectivity index (χ4v) is 1.82. The molecule has 2 N–H and O–H groups in total. The lowest BCUT2D eigenvalue weighted by Crippen LogP contribution is -2.43. The van der Waals surface area contributed by atoms with Crippen molar-refractivity contribution in [2.45, 2.75) is 31.7 Å². The SMILES string of the molecule is CNC(C)(CO)CCCCOc1ccccc1OC. The molecule has 0 radical (unpaired) electrons. The van der Waals surface area contributed by atoms with E-state index in [1.54, 1.807) is 7.11 Å². The van der Waals surface area contributed by atoms with Crippen LogP contribution in [0.15, 0.2) is 24.3 Å². The molecule has 0 heterocycles. The number of hydrogen-bond donors (Lipinski definition) is 2. The van der Waals surface area contributed by atoms with E-state index >= 15 is 0 Å². The lowest BCUT2D eigenvalue weighted by Gasteiger charge is -2.26. The van der Waals surface area contributed by atoms with Gasteiger partial charge in [-0.2, -0.15) is 0 Å². The third-order valence-electron chi connectivity index (χ3n) is 3.40. The van der Waals surface area contributed by atoms with Gasteiger partial charge in [0, 0.05) is 5.54 Å². The summed E-state index contributed by atoms with van der Waals surface area (Å²) in [6, 6.07) is 7.65. The van der Waals surface area contributed by atoms with Crippen molar-refractivity contribution >= 4 is 0 Å². The fraction of sp³-hybridized carbons (Fsp3) is 0.600. The monoisotopic (exact) mass is 267 g/mol. The molecular formula is C15H25NO3. The molecule has 0 fully saturated rings. The zero-order valence-corrected chi connectivity index (χ0v) is 12.1. The minimum absolute atomic E-state index is 0.150. The van der Waals surface area contributed by atoms with Gasteiger partial charge in [-0.1, -0.05) is 12.1 Å². The van der Waals surface area contributed by atoms with Crippen LogP contribution in [0, 0.1) is 0 Å². The van der Waals surface area contributed by atoms with Crippen LogP contribution in [0.5, 0.6) is 11.5 Å². The summed E-state index contributed by atoms with van der Waals surface area (Å²) >= 11 is 0. The van der Waals surface area contributed by atoms with E-state index in [4.69, 9.17) is 9.47 Å². The second kappa shape index (κ2) is 8.02. The van der Waals surface area contributed by atoms with Crippen LogP contribution in [-0.2, 0) is 0 Å². The third kappa shape index (κ3) is 5.09. The van der Waals surface area contributed by atoms with Crippen LogP contribution in [0.2, 0.25) is 0 Å². The largest absolute Gasteiger partial charge is 0.493 e. The molecule has 0 aliphatic rings. The first-order chi connectivity index (χ1) is 9.15. The molecule has 1 atom stereocenters. The van der Waals surface area contributed by atoms with E-state index in [1.807, 2.05) is 38.2 Å². The Kier molecular flexibility index (Phi) is 6.67. The summed E-state index contributed by atoms with van der Waals surface area (Å²) in [4.78, 5) is 0. The van der Waals surface area contributed by atoms with E-state index < -0.39 is 0 Å². The average molecular weight is 267 g/mol. The minimum atomic E-state index is -0.190. The summed E-state index contributed by atoms with van der Waals surface area (Å²) in [6.07, 6.45) is 2.89. The molecule has 0 amide bonds. The molecule has 4 nitrogen and oxygen atoms in total. The second-order valence-corrected chi connectivity index (χ2v) is 4.93. The van der Waals surface area contributed by atoms with Crippen LogP contribution >= 0.6 is 0 Å². The van der Waals surface area contributed by atoms with Crippen molar-refractivity contribution in [2.75, 3.05) is 27.4 Å². The van der Waals surface area contributed by atoms with E-state index in [9.17, 15) is 5.11 Å². The van der Waals surface area contributed by atoms with Gasteiger partial charge in [-0.3, -0.25) is 0 Å². The molecule has 0 aliphatic carbocycles. The van der Waals surface area contributed by atoms with Gasteiger partial charge in [0.05, 0.1) is 20.3 Å². The lowest BCUT2D eigenvalue weighted by molar-refractivity contribution is 0.168. The number of nitrogens with one attached hydrogen (secondary N) is 1. The molecule has 0 spiro atoms. The first-order valence-corrected chi connectivity index (χ1v) is 6.71. The molecule has 1 rings (SSSR count). The average Bonchev–Trinajstić information content (AvgIpc) is 2.47. The Morgan fingerprint density at radius 2 is 1.89 bits per heavy atom. The minimum Gasteiger partial charge on any atom is -0.493 e. The third-order valence-corrected chi connectivity index (χ3v) is 3.40. The van der Waals surface area contributed by atoms with E-state index in [-0.39, 0.29) is 12.1 Å². The van der Waals surface area contributed by atoms with E-state index in [0.717, 1.165) is 30.8 Å². The molecule has 0 saturated heterocycles. The van der Waals surface area contributed by atoms with Crippen LogP contribution in [0.3, 0.4) is 0 Å². The number of likely N-dealkylation sites (N-methyl/N-ethyl adjacent to an activating group) is 1. The molecular weight excluding hydrogens is 242 g/mol. The maximum absolute atomic E-state index is 9.28. The molecule has 19 heavy (non-hydrogen) atoms. The number of benzene rings is 1. The molecule has 1 aromatic carbocycles. The van der Waals surface area contributed by atoms with Gasteiger partial charge in [-0.25, -0.2) is 0 Å². The summed E-state index contributed by atoms with van der Waals surface area (Å²) in [6.45, 7) is 2.83. The summed E-state index contributed by atoms with van der Waals surface area (Å²) in [5, 5.41) is 12.4. The molecule has 0 aromatic heterocycles. The number of methoxy groups -OCH3 is 1. The zero-order valence-electron chi connectivity index (χ0n) is 12.1. The molecule has 1 unspecified atom stereocenters. The Bertz CT molecular complexity index is 364. The maximum atomic E-state index is 9.28. The van der Waals surface area contributed by atoms with Crippen molar-refractivity contribution in [3.63, 3.8) is 0 Å². The van der Waals surface area contributed by atoms with Crippen molar-refractivity contribution in [1.29, 1.82) is 0 Å². The predicted octanol–water partition coefficient (Wildman–Crippen LogP) is 2.21. The molecule has 0 aliphatic heterocycles. The number of aliphatic hydroxyl groups excluding tert-OH is 1. The van der Waals surface area contributed by atoms with Gasteiger partial charge in [0.15, 0.2) is 11.5 Å². The number of ether oxygens (including phenoxy) is 2. The van der Waals surface area contributed by atoms with E-state index in [1.165, 1.54) is 0 Å². The molecule has 108 valence electrons. The Morgan fingerprint density at radius 3 is 2.47 bits per heavy atom. The molecule has 1 aromatic rings. The number of aliphatic hydroxyl groups is 1. The second-order valence-electron chi connectivity index (χ2n) is 4.93. The van der Waals surface area contributed by atoms with Gasteiger partial charge in [0.2, 0.25) is 0 Å². The summed E-state index contributed by atoms with van der Waals surface area (Å²) < 4.78 is 10.9. The first-order valence-electron chi connectivity index (χ1n) is 6.71. The summed E-state index contributed by atoms with van der Waals surface area (Å²) in [5.41, 5.74) is -0.190. The van der Waals surface area contributed by atoms with Crippen LogP contribution in [0.4, 0.5) is 0 Å². The van der Waals surface area contributed by atoms with Crippen molar-refractivity contribution in [1.82, 2.24) is 5.32 Å². The van der Waals surface area contributed by atoms with Crippen LogP contribution < -0.4 is 14.8 Å². The number of para-hydroxylation sites is 2. The normalized spacial score (nSPS) is 13.9. The Labute approximate surface area is 115 Å². The van der Waals surface area contributed by atoms with Gasteiger partial charge in [0.1, 0.15) is 0 Å². The number of rotatable bonds is 9. The lowest BCUT2D eigenvalue weighted by atomic mass is 9.96. The predicted molar refractivity (Wildman–Crippen MR) is 76.9 cm³/mol. The number of hydrogen-bond acceptors (Lipinski definition) is 4. The first kappa shape index (κ1) is 15.8. The van der Waals surface area contributed by atoms with Crippen molar-refractivity contribution in [3.8, 4) is 11.5 Å². The molecule has 0 bridgehead atoms.